The Morgan fingerprint density at radius 3 is 1.33 bits per heavy atom. The fourth-order valence-corrected chi connectivity index (χ4v) is 10.5. The van der Waals surface area contributed by atoms with Gasteiger partial charge in [-0.1, -0.05) is 46.4 Å². The minimum absolute atomic E-state index is 0.124. The van der Waals surface area contributed by atoms with Gasteiger partial charge in [0.25, 0.3) is 11.8 Å². The lowest BCUT2D eigenvalue weighted by Gasteiger charge is -2.35. The van der Waals surface area contributed by atoms with Gasteiger partial charge in [0, 0.05) is 93.5 Å². The van der Waals surface area contributed by atoms with Gasteiger partial charge in [-0.05, 0) is 133 Å². The maximum Gasteiger partial charge on any atom is 0.341 e. The SMILES string of the molecule is CC(=O)N1CCN(c2ccc(Nc3cc(NC4CCC(O)CC4)c(C(N)=O)cn3)cc2)CC1.CCOC(=O)c1cnc(Cl)cc1Cl.CCOC(=O)c1cnc(Cl)cc1NC1CCC(O)CC1.NC(=O)c1cnc(Cl)cc1NC1CCC(O)CC1. The van der Waals surface area contributed by atoms with Crippen molar-refractivity contribution in [1.82, 2.24) is 24.8 Å². The molecule has 0 bridgehead atoms. The number of esters is 2. The molecule has 0 radical (unpaired) electrons. The second-order valence-electron chi connectivity index (χ2n) is 20.5. The Bertz CT molecular complexity index is 2990. The fraction of sp³-hybridized carbons (Fsp3) is 0.466. The summed E-state index contributed by atoms with van der Waals surface area (Å²) in [6.07, 6.45) is 14.6. The molecule has 4 aliphatic rings. The molecule has 84 heavy (non-hydrogen) atoms. The van der Waals surface area contributed by atoms with Gasteiger partial charge in [-0.2, -0.15) is 0 Å². The second kappa shape index (κ2) is 33.0. The first-order valence-electron chi connectivity index (χ1n) is 28.0. The molecule has 5 heterocycles. The van der Waals surface area contributed by atoms with Crippen LogP contribution in [-0.4, -0.2) is 146 Å². The topological polar surface area (TPSA) is 323 Å². The van der Waals surface area contributed by atoms with E-state index in [0.717, 1.165) is 115 Å². The van der Waals surface area contributed by atoms with Crippen LogP contribution in [0.4, 0.5) is 34.3 Å². The minimum atomic E-state index is -0.530. The molecule has 454 valence electrons. The van der Waals surface area contributed by atoms with Crippen LogP contribution in [-0.2, 0) is 14.3 Å². The quantitative estimate of drug-likeness (QED) is 0.0348. The number of halogens is 4. The number of ether oxygens (including phenoxy) is 2. The van der Waals surface area contributed by atoms with Gasteiger partial charge in [-0.25, -0.2) is 29.5 Å². The number of benzene rings is 1. The van der Waals surface area contributed by atoms with Crippen LogP contribution in [0.3, 0.4) is 0 Å². The number of aromatic nitrogens is 4. The number of carbonyl (C=O) groups is 5. The van der Waals surface area contributed by atoms with E-state index in [0.29, 0.717) is 63.1 Å². The number of carbonyl (C=O) groups excluding carboxylic acids is 5. The summed E-state index contributed by atoms with van der Waals surface area (Å²) in [5, 5.41) is 43.1. The molecule has 5 aromatic rings. The highest BCUT2D eigenvalue weighted by Gasteiger charge is 2.25. The molecule has 26 heteroatoms. The van der Waals surface area contributed by atoms with Gasteiger partial charge in [0.15, 0.2) is 0 Å². The van der Waals surface area contributed by atoms with Gasteiger partial charge in [0.05, 0.1) is 70.3 Å². The summed E-state index contributed by atoms with van der Waals surface area (Å²) in [6.45, 7) is 8.81. The zero-order valence-corrected chi connectivity index (χ0v) is 50.2. The molecule has 22 nitrogen and oxygen atoms in total. The average molecular weight is 1240 g/mol. The minimum Gasteiger partial charge on any atom is -0.462 e. The number of hydrogen-bond acceptors (Lipinski definition) is 19. The number of amides is 3. The monoisotopic (exact) mass is 1240 g/mol. The third kappa shape index (κ3) is 20.8. The maximum atomic E-state index is 11.9. The Morgan fingerprint density at radius 1 is 0.536 bits per heavy atom. The highest BCUT2D eigenvalue weighted by Crippen LogP contribution is 2.30. The first-order valence-corrected chi connectivity index (χ1v) is 29.5. The van der Waals surface area contributed by atoms with E-state index in [1.807, 2.05) is 17.0 Å². The number of rotatable bonds is 15. The molecule has 4 fully saturated rings. The van der Waals surface area contributed by atoms with Crippen LogP contribution >= 0.6 is 46.4 Å². The van der Waals surface area contributed by atoms with Crippen molar-refractivity contribution in [3.8, 4) is 0 Å². The molecular formula is C58H74Cl4N12O10. The van der Waals surface area contributed by atoms with Crippen molar-refractivity contribution >= 4 is 110 Å². The van der Waals surface area contributed by atoms with Crippen molar-refractivity contribution in [2.45, 2.75) is 134 Å². The summed E-state index contributed by atoms with van der Waals surface area (Å²) in [6, 6.07) is 15.2. The third-order valence-electron chi connectivity index (χ3n) is 14.4. The number of aliphatic hydroxyl groups is 3. The fourth-order valence-electron chi connectivity index (χ4n) is 9.78. The number of pyridine rings is 4. The van der Waals surface area contributed by atoms with E-state index in [1.165, 1.54) is 30.9 Å². The Balaban J connectivity index is 0.000000191. The molecule has 0 atom stereocenters. The smallest absolute Gasteiger partial charge is 0.341 e. The summed E-state index contributed by atoms with van der Waals surface area (Å²) >= 11 is 23.0. The summed E-state index contributed by atoms with van der Waals surface area (Å²) in [5.41, 5.74) is 16.1. The van der Waals surface area contributed by atoms with Crippen molar-refractivity contribution in [2.24, 2.45) is 11.5 Å². The van der Waals surface area contributed by atoms with Crippen LogP contribution in [0.25, 0.3) is 0 Å². The molecule has 1 aromatic carbocycles. The van der Waals surface area contributed by atoms with Crippen molar-refractivity contribution in [2.75, 3.05) is 65.6 Å². The summed E-state index contributed by atoms with van der Waals surface area (Å²) in [4.78, 5) is 77.8. The lowest BCUT2D eigenvalue weighted by molar-refractivity contribution is -0.129. The van der Waals surface area contributed by atoms with Gasteiger partial charge in [0.2, 0.25) is 5.91 Å². The number of piperazine rings is 1. The second-order valence-corrected chi connectivity index (χ2v) is 22.1. The number of primary amides is 2. The van der Waals surface area contributed by atoms with Crippen LogP contribution < -0.4 is 37.6 Å². The molecule has 3 aliphatic carbocycles. The summed E-state index contributed by atoms with van der Waals surface area (Å²) < 4.78 is 9.75. The van der Waals surface area contributed by atoms with E-state index < -0.39 is 23.8 Å². The van der Waals surface area contributed by atoms with Gasteiger partial charge >= 0.3 is 11.9 Å². The van der Waals surface area contributed by atoms with E-state index in [9.17, 15) is 39.3 Å². The zero-order chi connectivity index (χ0) is 60.9. The van der Waals surface area contributed by atoms with Crippen molar-refractivity contribution in [1.29, 1.82) is 0 Å². The Hall–Kier alpha value is -6.79. The predicted octanol–water partition coefficient (Wildman–Crippen LogP) is 9.05. The van der Waals surface area contributed by atoms with E-state index in [1.54, 1.807) is 39.0 Å². The van der Waals surface area contributed by atoms with Gasteiger partial charge < -0.3 is 67.3 Å². The number of hydrogen-bond donors (Lipinski definition) is 9. The Labute approximate surface area is 508 Å². The number of aliphatic hydroxyl groups excluding tert-OH is 3. The van der Waals surface area contributed by atoms with Gasteiger partial charge in [-0.3, -0.25) is 14.4 Å². The predicted molar refractivity (Wildman–Crippen MR) is 326 cm³/mol. The van der Waals surface area contributed by atoms with E-state index in [2.05, 4.69) is 58.2 Å². The molecule has 0 unspecified atom stereocenters. The van der Waals surface area contributed by atoms with Crippen LogP contribution in [0.15, 0.2) is 73.3 Å². The lowest BCUT2D eigenvalue weighted by Crippen LogP contribution is -2.48. The zero-order valence-electron chi connectivity index (χ0n) is 47.2. The van der Waals surface area contributed by atoms with Crippen LogP contribution in [0.2, 0.25) is 20.5 Å². The molecule has 11 N–H and O–H groups in total. The highest BCUT2D eigenvalue weighted by molar-refractivity contribution is 6.36. The van der Waals surface area contributed by atoms with E-state index >= 15 is 0 Å². The van der Waals surface area contributed by atoms with Crippen LogP contribution in [0, 0.1) is 0 Å². The molecule has 4 aromatic heterocycles. The number of nitrogens with one attached hydrogen (secondary N) is 4. The van der Waals surface area contributed by atoms with Crippen molar-refractivity contribution in [3.05, 3.63) is 116 Å². The summed E-state index contributed by atoms with van der Waals surface area (Å²) in [7, 11) is 0. The van der Waals surface area contributed by atoms with Crippen LogP contribution in [0.5, 0.6) is 0 Å². The maximum absolute atomic E-state index is 11.9. The number of nitrogens with zero attached hydrogens (tertiary/aromatic N) is 6. The molecule has 1 aliphatic heterocycles. The Kier molecular flexibility index (Phi) is 26.1. The molecule has 9 rings (SSSR count). The standard InChI is InChI=1S/C24H32N6O3.C14H19ClN2O3.C12H16ClN3O2.C8H7Cl2NO2/c1-16(31)29-10-12-30(13-11-29)19-6-2-18(3-7-19)28-23-14-22(21(15-26-23)24(25)33)27-17-4-8-20(32)9-5-17;1-2-20-14(19)11-8-16-13(15)7-12(11)17-9-3-5-10(18)6-4-9;13-11-5-10(9(6-15-11)12(14)18)16-7-1-3-8(17)4-2-7;1-2-13-8(12)5-4-11-7(10)3-6(5)9/h2-3,6-7,14-15,17,20,32H,4-5,8-13H2,1H3,(H2,25,33)(H2,26,27,28);7-10,18H,2-6H2,1H3,(H,16,17);5-8,17H,1-4H2,(H2,14,18)(H,15,16);3-4H,2H2,1H3. The van der Waals surface area contributed by atoms with E-state index in [4.69, 9.17) is 67.3 Å². The lowest BCUT2D eigenvalue weighted by atomic mass is 9.93. The third-order valence-corrected chi connectivity index (χ3v) is 15.3. The van der Waals surface area contributed by atoms with Crippen molar-refractivity contribution in [3.63, 3.8) is 0 Å². The summed E-state index contributed by atoms with van der Waals surface area (Å²) in [5.74, 6) is -1.22. The van der Waals surface area contributed by atoms with Gasteiger partial charge in [-0.15, -0.1) is 0 Å². The number of anilines is 6. The largest absolute Gasteiger partial charge is 0.462 e. The van der Waals surface area contributed by atoms with E-state index in [-0.39, 0.29) is 58.1 Å². The normalized spacial score (nSPS) is 20.1. The number of nitrogens with two attached hydrogens (primary N) is 2. The average Bonchev–Trinajstić information content (AvgIpc) is 3.67. The molecule has 3 amide bonds. The first-order chi connectivity index (χ1) is 40.2. The highest BCUT2D eigenvalue weighted by atomic mass is 35.5. The molecule has 1 saturated heterocycles. The van der Waals surface area contributed by atoms with Crippen LogP contribution in [0.1, 0.15) is 139 Å². The molecular weight excluding hydrogens is 1170 g/mol. The first kappa shape index (κ1) is 66.4. The van der Waals surface area contributed by atoms with Gasteiger partial charge in [0.1, 0.15) is 26.8 Å². The molecule has 0 spiro atoms. The molecule has 3 saturated carbocycles. The Morgan fingerprint density at radius 2 is 0.917 bits per heavy atom. The van der Waals surface area contributed by atoms with Crippen molar-refractivity contribution < 1.29 is 48.8 Å².